The first-order valence-corrected chi connectivity index (χ1v) is 8.24. The first-order chi connectivity index (χ1) is 12.0. The van der Waals surface area contributed by atoms with Crippen LogP contribution in [0.4, 0.5) is 4.79 Å². The first kappa shape index (κ1) is 18.5. The van der Waals surface area contributed by atoms with Crippen LogP contribution >= 0.6 is 0 Å². The molecule has 0 saturated carbocycles. The van der Waals surface area contributed by atoms with Gasteiger partial charge in [0, 0.05) is 33.0 Å². The van der Waals surface area contributed by atoms with E-state index in [4.69, 9.17) is 0 Å². The molecule has 1 heterocycles. The van der Waals surface area contributed by atoms with Gasteiger partial charge in [0.25, 0.3) is 0 Å². The van der Waals surface area contributed by atoms with Crippen molar-refractivity contribution in [3.05, 3.63) is 54.1 Å². The van der Waals surface area contributed by atoms with Crippen LogP contribution in [0.15, 0.2) is 42.7 Å². The highest BCUT2D eigenvalue weighted by Gasteiger charge is 2.16. The lowest BCUT2D eigenvalue weighted by Crippen LogP contribution is -2.42. The second-order valence-corrected chi connectivity index (χ2v) is 6.04. The van der Waals surface area contributed by atoms with Crippen molar-refractivity contribution in [3.63, 3.8) is 0 Å². The van der Waals surface area contributed by atoms with E-state index in [2.05, 4.69) is 20.2 Å². The molecule has 1 atom stereocenters. The number of hydrogen-bond donors (Lipinski definition) is 2. The number of aromatic nitrogens is 2. The number of carbonyl (C=O) groups excluding carboxylic acids is 2. The monoisotopic (exact) mass is 343 g/mol. The van der Waals surface area contributed by atoms with Gasteiger partial charge in [-0.3, -0.25) is 4.79 Å². The molecule has 134 valence electrons. The zero-order chi connectivity index (χ0) is 18.2. The second kappa shape index (κ2) is 8.86. The Hall–Kier alpha value is -2.83. The Bertz CT molecular complexity index is 697. The van der Waals surface area contributed by atoms with Gasteiger partial charge in [-0.15, -0.1) is 0 Å². The van der Waals surface area contributed by atoms with Crippen molar-refractivity contribution in [1.82, 2.24) is 25.1 Å². The van der Waals surface area contributed by atoms with Gasteiger partial charge in [0.05, 0.1) is 12.6 Å². The van der Waals surface area contributed by atoms with Crippen LogP contribution in [0.5, 0.6) is 0 Å². The van der Waals surface area contributed by atoms with E-state index in [-0.39, 0.29) is 24.5 Å². The smallest absolute Gasteiger partial charge is 0.317 e. The molecule has 7 nitrogen and oxygen atoms in total. The molecule has 7 heteroatoms. The average Bonchev–Trinajstić information content (AvgIpc) is 3.02. The summed E-state index contributed by atoms with van der Waals surface area (Å²) in [5, 5.41) is 5.58. The van der Waals surface area contributed by atoms with Crippen molar-refractivity contribution < 1.29 is 9.59 Å². The van der Waals surface area contributed by atoms with Crippen molar-refractivity contribution in [2.45, 2.75) is 25.9 Å². The summed E-state index contributed by atoms with van der Waals surface area (Å²) >= 11 is 0. The molecular formula is C18H25N5O2. The molecule has 1 aromatic heterocycles. The summed E-state index contributed by atoms with van der Waals surface area (Å²) in [6.07, 6.45) is 4.42. The number of aryl methyl sites for hydroxylation is 2. The lowest BCUT2D eigenvalue weighted by Gasteiger charge is -2.20. The van der Waals surface area contributed by atoms with Gasteiger partial charge in [0.15, 0.2) is 0 Å². The Balaban J connectivity index is 1.98. The van der Waals surface area contributed by atoms with E-state index in [0.29, 0.717) is 0 Å². The van der Waals surface area contributed by atoms with E-state index >= 15 is 0 Å². The van der Waals surface area contributed by atoms with Gasteiger partial charge in [-0.2, -0.15) is 0 Å². The maximum atomic E-state index is 12.2. The molecule has 0 aliphatic heterocycles. The second-order valence-electron chi connectivity index (χ2n) is 6.04. The molecule has 0 spiro atoms. The number of nitrogens with zero attached hydrogens (tertiary/aromatic N) is 3. The fourth-order valence-electron chi connectivity index (χ4n) is 2.48. The van der Waals surface area contributed by atoms with Gasteiger partial charge < -0.3 is 20.1 Å². The molecule has 0 fully saturated rings. The first-order valence-electron chi connectivity index (χ1n) is 8.24. The summed E-state index contributed by atoms with van der Waals surface area (Å²) in [6, 6.07) is 9.40. The van der Waals surface area contributed by atoms with Crippen LogP contribution in [0.2, 0.25) is 0 Å². The van der Waals surface area contributed by atoms with Gasteiger partial charge in [0.1, 0.15) is 5.82 Å². The summed E-state index contributed by atoms with van der Waals surface area (Å²) in [4.78, 5) is 29.4. The average molecular weight is 343 g/mol. The van der Waals surface area contributed by atoms with Crippen molar-refractivity contribution in [1.29, 1.82) is 0 Å². The molecular weight excluding hydrogens is 318 g/mol. The van der Waals surface area contributed by atoms with Crippen LogP contribution in [0.3, 0.4) is 0 Å². The number of amides is 3. The van der Waals surface area contributed by atoms with Gasteiger partial charge in [0.2, 0.25) is 5.91 Å². The molecule has 2 rings (SSSR count). The minimum atomic E-state index is -0.291. The van der Waals surface area contributed by atoms with Crippen molar-refractivity contribution in [2.24, 2.45) is 0 Å². The summed E-state index contributed by atoms with van der Waals surface area (Å²) in [7, 11) is 3.26. The van der Waals surface area contributed by atoms with Crippen molar-refractivity contribution >= 4 is 11.9 Å². The molecule has 0 aliphatic rings. The summed E-state index contributed by atoms with van der Waals surface area (Å²) in [5.74, 6) is 0.725. The SMILES string of the molecule is Cc1nccn1CC[C@@H](NC(=O)CNC(=O)N(C)C)c1ccccc1. The quantitative estimate of drug-likeness (QED) is 0.803. The van der Waals surface area contributed by atoms with Crippen LogP contribution in [-0.4, -0.2) is 47.0 Å². The Kier molecular flexibility index (Phi) is 6.56. The third-order valence-corrected chi connectivity index (χ3v) is 3.93. The zero-order valence-corrected chi connectivity index (χ0v) is 14.9. The standard InChI is InChI=1S/C18H25N5O2/c1-14-19-10-12-23(14)11-9-16(15-7-5-4-6-8-15)21-17(24)13-20-18(25)22(2)3/h4-8,10,12,16H,9,11,13H2,1-3H3,(H,20,25)(H,21,24)/t16-/m1/s1. The Labute approximate surface area is 148 Å². The molecule has 0 saturated heterocycles. The molecule has 2 N–H and O–H groups in total. The number of nitrogens with one attached hydrogen (secondary N) is 2. The van der Waals surface area contributed by atoms with Crippen LogP contribution in [0.25, 0.3) is 0 Å². The molecule has 0 aliphatic carbocycles. The Morgan fingerprint density at radius 2 is 1.96 bits per heavy atom. The predicted octanol–water partition coefficient (Wildman–Crippen LogP) is 1.71. The van der Waals surface area contributed by atoms with Crippen LogP contribution < -0.4 is 10.6 Å². The maximum Gasteiger partial charge on any atom is 0.317 e. The number of imidazole rings is 1. The van der Waals surface area contributed by atoms with Crippen molar-refractivity contribution in [3.8, 4) is 0 Å². The zero-order valence-electron chi connectivity index (χ0n) is 14.9. The number of rotatable bonds is 7. The highest BCUT2D eigenvalue weighted by molar-refractivity contribution is 5.84. The predicted molar refractivity (Wildman–Crippen MR) is 96.0 cm³/mol. The number of urea groups is 1. The molecule has 0 unspecified atom stereocenters. The third kappa shape index (κ3) is 5.63. The third-order valence-electron chi connectivity index (χ3n) is 3.93. The van der Waals surface area contributed by atoms with E-state index in [1.807, 2.05) is 43.5 Å². The number of hydrogen-bond acceptors (Lipinski definition) is 3. The van der Waals surface area contributed by atoms with Crippen LogP contribution in [0, 0.1) is 6.92 Å². The van der Waals surface area contributed by atoms with Crippen molar-refractivity contribution in [2.75, 3.05) is 20.6 Å². The largest absolute Gasteiger partial charge is 0.348 e. The maximum absolute atomic E-state index is 12.2. The van der Waals surface area contributed by atoms with Crippen LogP contribution in [-0.2, 0) is 11.3 Å². The Morgan fingerprint density at radius 1 is 1.24 bits per heavy atom. The van der Waals surface area contributed by atoms with Gasteiger partial charge in [-0.1, -0.05) is 30.3 Å². The van der Waals surface area contributed by atoms with E-state index < -0.39 is 0 Å². The van der Waals surface area contributed by atoms with E-state index in [1.165, 1.54) is 4.90 Å². The number of carbonyl (C=O) groups is 2. The topological polar surface area (TPSA) is 79.3 Å². The summed E-state index contributed by atoms with van der Waals surface area (Å²) in [6.45, 7) is 2.65. The van der Waals surface area contributed by atoms with Gasteiger partial charge in [-0.05, 0) is 18.9 Å². The van der Waals surface area contributed by atoms with Gasteiger partial charge in [-0.25, -0.2) is 9.78 Å². The van der Waals surface area contributed by atoms with Crippen LogP contribution in [0.1, 0.15) is 23.9 Å². The normalized spacial score (nSPS) is 11.6. The summed E-state index contributed by atoms with van der Waals surface area (Å²) in [5.41, 5.74) is 1.03. The highest BCUT2D eigenvalue weighted by Crippen LogP contribution is 2.17. The minimum absolute atomic E-state index is 0.0511. The lowest BCUT2D eigenvalue weighted by molar-refractivity contribution is -0.120. The molecule has 2 aromatic rings. The van der Waals surface area contributed by atoms with E-state index in [9.17, 15) is 9.59 Å². The fourth-order valence-corrected chi connectivity index (χ4v) is 2.48. The van der Waals surface area contributed by atoms with E-state index in [1.54, 1.807) is 20.3 Å². The molecule has 25 heavy (non-hydrogen) atoms. The number of benzene rings is 1. The minimum Gasteiger partial charge on any atom is -0.348 e. The fraction of sp³-hybridized carbons (Fsp3) is 0.389. The lowest BCUT2D eigenvalue weighted by atomic mass is 10.0. The molecule has 0 bridgehead atoms. The molecule has 0 radical (unpaired) electrons. The van der Waals surface area contributed by atoms with Gasteiger partial charge >= 0.3 is 6.03 Å². The Morgan fingerprint density at radius 3 is 2.56 bits per heavy atom. The summed E-state index contributed by atoms with van der Waals surface area (Å²) < 4.78 is 2.05. The van der Waals surface area contributed by atoms with E-state index in [0.717, 1.165) is 24.4 Å². The highest BCUT2D eigenvalue weighted by atomic mass is 16.2. The molecule has 1 aromatic carbocycles. The molecule has 3 amide bonds.